The summed E-state index contributed by atoms with van der Waals surface area (Å²) in [6, 6.07) is 5.83. The predicted molar refractivity (Wildman–Crippen MR) is 104 cm³/mol. The molecular formula is C21H29N3O3. The Labute approximate surface area is 161 Å². The molecule has 1 fully saturated rings. The van der Waals surface area contributed by atoms with Gasteiger partial charge in [-0.25, -0.2) is 0 Å². The van der Waals surface area contributed by atoms with Crippen LogP contribution in [0.4, 0.5) is 0 Å². The van der Waals surface area contributed by atoms with Crippen molar-refractivity contribution < 1.29 is 14.3 Å². The monoisotopic (exact) mass is 371 g/mol. The lowest BCUT2D eigenvalue weighted by Crippen LogP contribution is -2.31. The van der Waals surface area contributed by atoms with Gasteiger partial charge in [0, 0.05) is 31.3 Å². The average molecular weight is 371 g/mol. The van der Waals surface area contributed by atoms with Crippen LogP contribution < -0.4 is 9.47 Å². The largest absolute Gasteiger partial charge is 0.497 e. The minimum absolute atomic E-state index is 0.0404. The van der Waals surface area contributed by atoms with Crippen LogP contribution in [0.25, 0.3) is 0 Å². The van der Waals surface area contributed by atoms with Gasteiger partial charge in [0.15, 0.2) is 0 Å². The highest BCUT2D eigenvalue weighted by Gasteiger charge is 2.32. The van der Waals surface area contributed by atoms with Crippen LogP contribution in [0.2, 0.25) is 0 Å². The maximum atomic E-state index is 13.0. The van der Waals surface area contributed by atoms with Crippen molar-refractivity contribution in [2.24, 2.45) is 7.05 Å². The third-order valence-corrected chi connectivity index (χ3v) is 5.62. The molecule has 0 radical (unpaired) electrons. The molecule has 1 amide bonds. The van der Waals surface area contributed by atoms with Crippen molar-refractivity contribution in [1.82, 2.24) is 14.7 Å². The fourth-order valence-electron chi connectivity index (χ4n) is 4.04. The molecular weight excluding hydrogens is 342 g/mol. The molecule has 27 heavy (non-hydrogen) atoms. The van der Waals surface area contributed by atoms with Crippen LogP contribution in [0.1, 0.15) is 47.8 Å². The Bertz CT molecular complexity index is 828. The second-order valence-electron chi connectivity index (χ2n) is 7.13. The molecule has 0 spiro atoms. The number of carbonyl (C=O) groups excluding carboxylic acids is 1. The van der Waals surface area contributed by atoms with E-state index in [1.54, 1.807) is 14.2 Å². The number of aryl methyl sites for hydroxylation is 2. The van der Waals surface area contributed by atoms with Crippen molar-refractivity contribution in [2.45, 2.75) is 45.6 Å². The van der Waals surface area contributed by atoms with Crippen molar-refractivity contribution in [1.29, 1.82) is 0 Å². The van der Waals surface area contributed by atoms with Gasteiger partial charge in [-0.15, -0.1) is 0 Å². The van der Waals surface area contributed by atoms with Crippen molar-refractivity contribution in [3.05, 3.63) is 40.7 Å². The van der Waals surface area contributed by atoms with Crippen molar-refractivity contribution in [3.63, 3.8) is 0 Å². The first kappa shape index (κ1) is 19.3. The Morgan fingerprint density at radius 3 is 2.67 bits per heavy atom. The Balaban J connectivity index is 1.77. The van der Waals surface area contributed by atoms with Gasteiger partial charge in [-0.1, -0.05) is 0 Å². The number of amides is 1. The van der Waals surface area contributed by atoms with E-state index >= 15 is 0 Å². The van der Waals surface area contributed by atoms with E-state index < -0.39 is 0 Å². The number of benzene rings is 1. The Hall–Kier alpha value is -2.50. The van der Waals surface area contributed by atoms with Crippen LogP contribution in [0.15, 0.2) is 18.2 Å². The first-order valence-electron chi connectivity index (χ1n) is 9.46. The highest BCUT2D eigenvalue weighted by atomic mass is 16.5. The summed E-state index contributed by atoms with van der Waals surface area (Å²) in [5, 5.41) is 4.45. The molecule has 1 aromatic carbocycles. The lowest BCUT2D eigenvalue weighted by atomic mass is 10.0. The second-order valence-corrected chi connectivity index (χ2v) is 7.13. The van der Waals surface area contributed by atoms with Gasteiger partial charge in [0.1, 0.15) is 11.5 Å². The summed E-state index contributed by atoms with van der Waals surface area (Å²) in [4.78, 5) is 15.0. The van der Waals surface area contributed by atoms with Gasteiger partial charge in [-0.05, 0) is 56.9 Å². The first-order chi connectivity index (χ1) is 13.0. The molecule has 1 saturated heterocycles. The minimum Gasteiger partial charge on any atom is -0.497 e. The number of hydrogen-bond acceptors (Lipinski definition) is 4. The summed E-state index contributed by atoms with van der Waals surface area (Å²) in [6.45, 7) is 4.85. The van der Waals surface area contributed by atoms with Crippen LogP contribution in [0.5, 0.6) is 11.5 Å². The van der Waals surface area contributed by atoms with Crippen LogP contribution in [0, 0.1) is 13.8 Å². The van der Waals surface area contributed by atoms with E-state index in [4.69, 9.17) is 9.47 Å². The predicted octanol–water partition coefficient (Wildman–Crippen LogP) is 3.35. The van der Waals surface area contributed by atoms with Gasteiger partial charge in [0.05, 0.1) is 26.0 Å². The first-order valence-corrected chi connectivity index (χ1v) is 9.46. The molecule has 2 heterocycles. The highest BCUT2D eigenvalue weighted by Crippen LogP contribution is 2.39. The number of ether oxygens (including phenoxy) is 2. The van der Waals surface area contributed by atoms with Gasteiger partial charge in [0.25, 0.3) is 0 Å². The summed E-state index contributed by atoms with van der Waals surface area (Å²) in [5.74, 6) is 1.77. The SMILES string of the molecule is COc1ccc(OC)c(C2CCCN2C(=O)CCc2c(C)nn(C)c2C)c1. The Morgan fingerprint density at radius 1 is 1.26 bits per heavy atom. The van der Waals surface area contributed by atoms with Gasteiger partial charge < -0.3 is 14.4 Å². The van der Waals surface area contributed by atoms with Gasteiger partial charge >= 0.3 is 0 Å². The van der Waals surface area contributed by atoms with Crippen molar-refractivity contribution in [2.75, 3.05) is 20.8 Å². The molecule has 0 N–H and O–H groups in total. The molecule has 0 bridgehead atoms. The number of carbonyl (C=O) groups is 1. The summed E-state index contributed by atoms with van der Waals surface area (Å²) in [6.07, 6.45) is 3.17. The van der Waals surface area contributed by atoms with Gasteiger partial charge in [-0.3, -0.25) is 9.48 Å². The second kappa shape index (κ2) is 8.03. The van der Waals surface area contributed by atoms with Crippen LogP contribution >= 0.6 is 0 Å². The molecule has 146 valence electrons. The molecule has 0 saturated carbocycles. The topological polar surface area (TPSA) is 56.6 Å². The Kier molecular flexibility index (Phi) is 5.73. The lowest BCUT2D eigenvalue weighted by molar-refractivity contribution is -0.132. The molecule has 6 nitrogen and oxygen atoms in total. The number of hydrogen-bond donors (Lipinski definition) is 0. The van der Waals surface area contributed by atoms with Crippen molar-refractivity contribution in [3.8, 4) is 11.5 Å². The Morgan fingerprint density at radius 2 is 2.04 bits per heavy atom. The number of likely N-dealkylation sites (tertiary alicyclic amines) is 1. The fourth-order valence-corrected chi connectivity index (χ4v) is 4.04. The molecule has 1 unspecified atom stereocenters. The number of aromatic nitrogens is 2. The standard InChI is InChI=1S/C21H29N3O3/c1-14-17(15(2)23(3)22-14)9-11-21(25)24-12-6-7-19(24)18-13-16(26-4)8-10-20(18)27-5/h8,10,13,19H,6-7,9,11-12H2,1-5H3. The van der Waals surface area contributed by atoms with Gasteiger partial charge in [-0.2, -0.15) is 5.10 Å². The smallest absolute Gasteiger partial charge is 0.223 e. The van der Waals surface area contributed by atoms with Gasteiger partial charge in [0.2, 0.25) is 5.91 Å². The fraction of sp³-hybridized carbons (Fsp3) is 0.524. The number of nitrogens with zero attached hydrogens (tertiary/aromatic N) is 3. The molecule has 1 aliphatic rings. The summed E-state index contributed by atoms with van der Waals surface area (Å²) < 4.78 is 12.8. The van der Waals surface area contributed by atoms with Crippen LogP contribution in [-0.2, 0) is 18.3 Å². The number of rotatable bonds is 6. The summed E-state index contributed by atoms with van der Waals surface area (Å²) in [5.41, 5.74) is 4.35. The third kappa shape index (κ3) is 3.80. The molecule has 3 rings (SSSR count). The molecule has 1 atom stereocenters. The molecule has 0 aliphatic carbocycles. The molecule has 2 aromatic rings. The van der Waals surface area contributed by atoms with E-state index in [0.29, 0.717) is 6.42 Å². The highest BCUT2D eigenvalue weighted by molar-refractivity contribution is 5.77. The minimum atomic E-state index is 0.0404. The van der Waals surface area contributed by atoms with E-state index in [1.807, 2.05) is 41.8 Å². The zero-order valence-corrected chi connectivity index (χ0v) is 16.9. The van der Waals surface area contributed by atoms with Crippen LogP contribution in [-0.4, -0.2) is 41.4 Å². The maximum Gasteiger partial charge on any atom is 0.223 e. The van der Waals surface area contributed by atoms with Crippen LogP contribution in [0.3, 0.4) is 0 Å². The van der Waals surface area contributed by atoms with Crippen molar-refractivity contribution >= 4 is 5.91 Å². The molecule has 1 aromatic heterocycles. The van der Waals surface area contributed by atoms with E-state index in [2.05, 4.69) is 12.0 Å². The van der Waals surface area contributed by atoms with E-state index in [1.165, 1.54) is 5.56 Å². The zero-order chi connectivity index (χ0) is 19.6. The third-order valence-electron chi connectivity index (χ3n) is 5.62. The molecule has 6 heteroatoms. The summed E-state index contributed by atoms with van der Waals surface area (Å²) >= 11 is 0. The average Bonchev–Trinajstić information content (AvgIpc) is 3.25. The lowest BCUT2D eigenvalue weighted by Gasteiger charge is -2.27. The van der Waals surface area contributed by atoms with E-state index in [9.17, 15) is 4.79 Å². The van der Waals surface area contributed by atoms with E-state index in [0.717, 1.165) is 54.3 Å². The summed E-state index contributed by atoms with van der Waals surface area (Å²) in [7, 11) is 5.27. The molecule has 1 aliphatic heterocycles. The number of methoxy groups -OCH3 is 2. The normalized spacial score (nSPS) is 16.6. The maximum absolute atomic E-state index is 13.0. The zero-order valence-electron chi connectivity index (χ0n) is 16.9. The quantitative estimate of drug-likeness (QED) is 0.781. The van der Waals surface area contributed by atoms with E-state index in [-0.39, 0.29) is 11.9 Å².